The minimum Gasteiger partial charge on any atom is -0.494 e. The molecule has 0 aliphatic carbocycles. The number of nitrogens with two attached hydrogens (primary N) is 1. The molecule has 2 N–H and O–H groups in total. The fourth-order valence-electron chi connectivity index (χ4n) is 2.11. The van der Waals surface area contributed by atoms with Crippen LogP contribution in [0.1, 0.15) is 22.7 Å². The highest BCUT2D eigenvalue weighted by molar-refractivity contribution is 5.32. The Bertz CT molecular complexity index is 613. The van der Waals surface area contributed by atoms with Crippen molar-refractivity contribution in [1.29, 1.82) is 0 Å². The van der Waals surface area contributed by atoms with E-state index in [1.165, 1.54) is 19.2 Å². The van der Waals surface area contributed by atoms with Gasteiger partial charge in [0.25, 0.3) is 0 Å². The maximum atomic E-state index is 13.6. The molecule has 20 heavy (non-hydrogen) atoms. The van der Waals surface area contributed by atoms with Crippen LogP contribution in [0.4, 0.5) is 8.78 Å². The number of ether oxygens (including phenoxy) is 1. The summed E-state index contributed by atoms with van der Waals surface area (Å²) in [6.07, 6.45) is 0.478. The van der Waals surface area contributed by atoms with Gasteiger partial charge in [-0.05, 0) is 48.2 Å². The van der Waals surface area contributed by atoms with Gasteiger partial charge in [-0.25, -0.2) is 8.78 Å². The zero-order valence-electron chi connectivity index (χ0n) is 11.5. The summed E-state index contributed by atoms with van der Waals surface area (Å²) in [5.74, 6) is -0.455. The molecule has 2 aromatic rings. The third-order valence-corrected chi connectivity index (χ3v) is 3.28. The topological polar surface area (TPSA) is 35.2 Å². The minimum absolute atomic E-state index is 0.208. The van der Waals surface area contributed by atoms with E-state index in [0.717, 1.165) is 11.1 Å². The van der Waals surface area contributed by atoms with E-state index in [1.807, 2.05) is 0 Å². The molecule has 1 atom stereocenters. The van der Waals surface area contributed by atoms with E-state index in [2.05, 4.69) is 0 Å². The second-order valence-electron chi connectivity index (χ2n) is 4.79. The molecule has 0 aliphatic heterocycles. The van der Waals surface area contributed by atoms with E-state index >= 15 is 0 Å². The zero-order chi connectivity index (χ0) is 14.7. The average Bonchev–Trinajstić information content (AvgIpc) is 2.42. The Labute approximate surface area is 117 Å². The second kappa shape index (κ2) is 6.01. The van der Waals surface area contributed by atoms with Gasteiger partial charge in [0.15, 0.2) is 11.6 Å². The van der Waals surface area contributed by atoms with Crippen LogP contribution in [0.15, 0.2) is 36.4 Å². The molecule has 0 saturated carbocycles. The Balaban J connectivity index is 2.16. The molecule has 2 nitrogen and oxygen atoms in total. The molecule has 4 heteroatoms. The van der Waals surface area contributed by atoms with Gasteiger partial charge in [-0.15, -0.1) is 0 Å². The molecule has 0 aliphatic rings. The Morgan fingerprint density at radius 2 is 1.85 bits per heavy atom. The van der Waals surface area contributed by atoms with E-state index in [4.69, 9.17) is 10.5 Å². The van der Waals surface area contributed by atoms with Crippen molar-refractivity contribution in [3.8, 4) is 5.75 Å². The number of methoxy groups -OCH3 is 1. The van der Waals surface area contributed by atoms with Crippen LogP contribution in [-0.2, 0) is 6.42 Å². The van der Waals surface area contributed by atoms with E-state index in [0.29, 0.717) is 12.0 Å². The third kappa shape index (κ3) is 3.14. The number of hydrogen-bond donors (Lipinski definition) is 1. The first kappa shape index (κ1) is 14.5. The molecule has 0 fully saturated rings. The van der Waals surface area contributed by atoms with Crippen molar-refractivity contribution in [2.75, 3.05) is 7.11 Å². The van der Waals surface area contributed by atoms with Gasteiger partial charge in [-0.2, -0.15) is 0 Å². The molecule has 2 rings (SSSR count). The maximum Gasteiger partial charge on any atom is 0.165 e. The third-order valence-electron chi connectivity index (χ3n) is 3.28. The van der Waals surface area contributed by atoms with Gasteiger partial charge < -0.3 is 10.5 Å². The SMILES string of the molecule is COc1ccc(CC(N)c2ccc(F)c(C)c2)cc1F. The molecule has 2 aromatic carbocycles. The Hall–Kier alpha value is -1.94. The first-order chi connectivity index (χ1) is 9.51. The highest BCUT2D eigenvalue weighted by atomic mass is 19.1. The molecule has 0 bridgehead atoms. The summed E-state index contributed by atoms with van der Waals surface area (Å²) in [6.45, 7) is 1.69. The van der Waals surface area contributed by atoms with Crippen LogP contribution >= 0.6 is 0 Å². The Kier molecular flexibility index (Phi) is 4.35. The fraction of sp³-hybridized carbons (Fsp3) is 0.250. The van der Waals surface area contributed by atoms with Crippen molar-refractivity contribution in [2.24, 2.45) is 5.73 Å². The molecule has 0 saturated heterocycles. The predicted molar refractivity (Wildman–Crippen MR) is 74.7 cm³/mol. The highest BCUT2D eigenvalue weighted by Gasteiger charge is 2.11. The molecule has 0 spiro atoms. The van der Waals surface area contributed by atoms with Crippen LogP contribution in [0, 0.1) is 18.6 Å². The summed E-state index contributed by atoms with van der Waals surface area (Å²) in [7, 11) is 1.42. The van der Waals surface area contributed by atoms with Gasteiger partial charge in [-0.1, -0.05) is 18.2 Å². The molecule has 0 heterocycles. The predicted octanol–water partition coefficient (Wildman–Crippen LogP) is 3.52. The quantitative estimate of drug-likeness (QED) is 0.928. The number of benzene rings is 2. The summed E-state index contributed by atoms with van der Waals surface area (Å²) < 4.78 is 31.7. The van der Waals surface area contributed by atoms with E-state index in [-0.39, 0.29) is 17.6 Å². The first-order valence-electron chi connectivity index (χ1n) is 6.35. The highest BCUT2D eigenvalue weighted by Crippen LogP contribution is 2.22. The lowest BCUT2D eigenvalue weighted by atomic mass is 9.98. The zero-order valence-corrected chi connectivity index (χ0v) is 11.5. The molecule has 0 aromatic heterocycles. The van der Waals surface area contributed by atoms with Crippen LogP contribution in [0.5, 0.6) is 5.75 Å². The monoisotopic (exact) mass is 277 g/mol. The van der Waals surface area contributed by atoms with E-state index < -0.39 is 5.82 Å². The molecular weight excluding hydrogens is 260 g/mol. The molecule has 1 unspecified atom stereocenters. The van der Waals surface area contributed by atoms with Crippen molar-refractivity contribution in [3.63, 3.8) is 0 Å². The summed E-state index contributed by atoms with van der Waals surface area (Å²) in [5.41, 5.74) is 8.25. The van der Waals surface area contributed by atoms with Gasteiger partial charge in [0.1, 0.15) is 5.82 Å². The van der Waals surface area contributed by atoms with Crippen molar-refractivity contribution in [3.05, 3.63) is 64.7 Å². The van der Waals surface area contributed by atoms with Crippen LogP contribution in [0.3, 0.4) is 0 Å². The first-order valence-corrected chi connectivity index (χ1v) is 6.35. The summed E-state index contributed by atoms with van der Waals surface area (Å²) in [4.78, 5) is 0. The molecule has 106 valence electrons. The van der Waals surface area contributed by atoms with E-state index in [1.54, 1.807) is 31.2 Å². The Morgan fingerprint density at radius 3 is 2.45 bits per heavy atom. The lowest BCUT2D eigenvalue weighted by Crippen LogP contribution is -2.14. The van der Waals surface area contributed by atoms with Crippen molar-refractivity contribution in [2.45, 2.75) is 19.4 Å². The second-order valence-corrected chi connectivity index (χ2v) is 4.79. The molecule has 0 amide bonds. The number of aryl methyl sites for hydroxylation is 1. The summed E-state index contributed by atoms with van der Waals surface area (Å²) in [5, 5.41) is 0. The summed E-state index contributed by atoms with van der Waals surface area (Å²) in [6, 6.07) is 9.24. The number of halogens is 2. The number of rotatable bonds is 4. The lowest BCUT2D eigenvalue weighted by molar-refractivity contribution is 0.386. The average molecular weight is 277 g/mol. The van der Waals surface area contributed by atoms with Gasteiger partial charge in [0, 0.05) is 6.04 Å². The van der Waals surface area contributed by atoms with Crippen LogP contribution in [0.25, 0.3) is 0 Å². The van der Waals surface area contributed by atoms with Crippen LogP contribution in [-0.4, -0.2) is 7.11 Å². The number of hydrogen-bond acceptors (Lipinski definition) is 2. The van der Waals surface area contributed by atoms with Crippen LogP contribution < -0.4 is 10.5 Å². The van der Waals surface area contributed by atoms with Crippen LogP contribution in [0.2, 0.25) is 0 Å². The largest absolute Gasteiger partial charge is 0.494 e. The lowest BCUT2D eigenvalue weighted by Gasteiger charge is -2.14. The van der Waals surface area contributed by atoms with Gasteiger partial charge in [-0.3, -0.25) is 0 Å². The Morgan fingerprint density at radius 1 is 1.10 bits per heavy atom. The van der Waals surface area contributed by atoms with E-state index in [9.17, 15) is 8.78 Å². The van der Waals surface area contributed by atoms with Gasteiger partial charge in [0.2, 0.25) is 0 Å². The standard InChI is InChI=1S/C16H17F2NO/c1-10-7-12(4-5-13(10)17)15(19)9-11-3-6-16(20-2)14(18)8-11/h3-8,15H,9,19H2,1-2H3. The fourth-order valence-corrected chi connectivity index (χ4v) is 2.11. The van der Waals surface area contributed by atoms with Crippen molar-refractivity contribution < 1.29 is 13.5 Å². The molecular formula is C16H17F2NO. The van der Waals surface area contributed by atoms with Gasteiger partial charge in [0.05, 0.1) is 7.11 Å². The summed E-state index contributed by atoms with van der Waals surface area (Å²) >= 11 is 0. The smallest absolute Gasteiger partial charge is 0.165 e. The van der Waals surface area contributed by atoms with Crippen molar-refractivity contribution >= 4 is 0 Å². The minimum atomic E-state index is -0.410. The molecule has 0 radical (unpaired) electrons. The van der Waals surface area contributed by atoms with Gasteiger partial charge >= 0.3 is 0 Å². The van der Waals surface area contributed by atoms with Crippen molar-refractivity contribution in [1.82, 2.24) is 0 Å². The maximum absolute atomic E-state index is 13.6. The normalized spacial score (nSPS) is 12.2.